The highest BCUT2D eigenvalue weighted by molar-refractivity contribution is 9.10. The van der Waals surface area contributed by atoms with Crippen molar-refractivity contribution in [1.29, 1.82) is 0 Å². The molecule has 2 rings (SSSR count). The highest BCUT2D eigenvalue weighted by Gasteiger charge is 2.17. The number of hydrogen-bond acceptors (Lipinski definition) is 5. The van der Waals surface area contributed by atoms with Crippen molar-refractivity contribution in [2.75, 3.05) is 14.2 Å². The molecule has 7 heteroatoms. The van der Waals surface area contributed by atoms with Crippen LogP contribution in [0.15, 0.2) is 21.0 Å². The molecule has 0 amide bonds. The van der Waals surface area contributed by atoms with E-state index in [2.05, 4.69) is 26.1 Å². The largest absolute Gasteiger partial charge is 0.495 e. The van der Waals surface area contributed by atoms with Gasteiger partial charge in [-0.3, -0.25) is 0 Å². The van der Waals surface area contributed by atoms with Crippen LogP contribution >= 0.6 is 15.9 Å². The number of methoxy groups -OCH3 is 2. The van der Waals surface area contributed by atoms with Crippen LogP contribution < -0.4 is 4.74 Å². The lowest BCUT2D eigenvalue weighted by Crippen LogP contribution is -1.91. The fraction of sp³-hybridized carbons (Fsp3) is 0.273. The lowest BCUT2D eigenvalue weighted by atomic mass is 10.2. The molecule has 18 heavy (non-hydrogen) atoms. The summed E-state index contributed by atoms with van der Waals surface area (Å²) in [6.45, 7) is 0.200. The predicted molar refractivity (Wildman–Crippen MR) is 64.7 cm³/mol. The van der Waals surface area contributed by atoms with Gasteiger partial charge in [-0.1, -0.05) is 0 Å². The Labute approximate surface area is 111 Å². The van der Waals surface area contributed by atoms with E-state index in [1.165, 1.54) is 26.4 Å². The molecule has 1 aromatic heterocycles. The van der Waals surface area contributed by atoms with Gasteiger partial charge in [-0.2, -0.15) is 0 Å². The summed E-state index contributed by atoms with van der Waals surface area (Å²) in [6, 6.07) is 2.57. The Balaban J connectivity index is 2.48. The van der Waals surface area contributed by atoms with E-state index in [9.17, 15) is 4.39 Å². The first-order valence-electron chi connectivity index (χ1n) is 5.00. The lowest BCUT2D eigenvalue weighted by molar-refractivity contribution is 0.160. The van der Waals surface area contributed by atoms with Crippen molar-refractivity contribution in [2.45, 2.75) is 6.61 Å². The quantitative estimate of drug-likeness (QED) is 0.868. The number of rotatable bonds is 4. The summed E-state index contributed by atoms with van der Waals surface area (Å²) < 4.78 is 29.3. The Morgan fingerprint density at radius 2 is 2.11 bits per heavy atom. The van der Waals surface area contributed by atoms with Crippen LogP contribution in [0.1, 0.15) is 5.89 Å². The van der Waals surface area contributed by atoms with E-state index in [-0.39, 0.29) is 12.5 Å². The fourth-order valence-electron chi connectivity index (χ4n) is 1.47. The number of nitrogens with zero attached hydrogens (tertiary/aromatic N) is 2. The van der Waals surface area contributed by atoms with Gasteiger partial charge in [-0.05, 0) is 28.1 Å². The molecule has 0 unspecified atom stereocenters. The number of hydrogen-bond donors (Lipinski definition) is 0. The van der Waals surface area contributed by atoms with Crippen molar-refractivity contribution < 1.29 is 18.3 Å². The monoisotopic (exact) mass is 316 g/mol. The molecule has 5 nitrogen and oxygen atoms in total. The second kappa shape index (κ2) is 5.45. The minimum absolute atomic E-state index is 0.180. The van der Waals surface area contributed by atoms with Gasteiger partial charge in [-0.25, -0.2) is 4.39 Å². The van der Waals surface area contributed by atoms with E-state index in [0.29, 0.717) is 21.7 Å². The van der Waals surface area contributed by atoms with Crippen molar-refractivity contribution in [3.8, 4) is 17.2 Å². The van der Waals surface area contributed by atoms with Crippen LogP contribution in [-0.2, 0) is 11.3 Å². The van der Waals surface area contributed by atoms with Crippen LogP contribution in [-0.4, -0.2) is 24.4 Å². The zero-order chi connectivity index (χ0) is 13.1. The van der Waals surface area contributed by atoms with E-state index >= 15 is 0 Å². The molecular weight excluding hydrogens is 307 g/mol. The molecule has 0 atom stereocenters. The first-order valence-corrected chi connectivity index (χ1v) is 5.79. The van der Waals surface area contributed by atoms with Crippen molar-refractivity contribution in [1.82, 2.24) is 10.2 Å². The van der Waals surface area contributed by atoms with Gasteiger partial charge >= 0.3 is 0 Å². The average molecular weight is 317 g/mol. The molecule has 0 radical (unpaired) electrons. The maximum absolute atomic E-state index is 13.4. The van der Waals surface area contributed by atoms with Gasteiger partial charge in [0.2, 0.25) is 5.89 Å². The second-order valence-electron chi connectivity index (χ2n) is 3.40. The Morgan fingerprint density at radius 1 is 1.33 bits per heavy atom. The molecule has 0 bridgehead atoms. The van der Waals surface area contributed by atoms with Gasteiger partial charge in [0.1, 0.15) is 18.2 Å². The summed E-state index contributed by atoms with van der Waals surface area (Å²) in [5, 5.41) is 7.61. The molecule has 1 heterocycles. The Morgan fingerprint density at radius 3 is 2.78 bits per heavy atom. The molecule has 0 fully saturated rings. The van der Waals surface area contributed by atoms with E-state index in [4.69, 9.17) is 13.9 Å². The Hall–Kier alpha value is -1.47. The summed E-state index contributed by atoms with van der Waals surface area (Å²) in [7, 11) is 3.00. The van der Waals surface area contributed by atoms with E-state index in [0.717, 1.165) is 0 Å². The van der Waals surface area contributed by atoms with Gasteiger partial charge in [0.15, 0.2) is 0 Å². The van der Waals surface area contributed by atoms with Gasteiger partial charge in [-0.15, -0.1) is 10.2 Å². The van der Waals surface area contributed by atoms with Crippen LogP contribution in [0.4, 0.5) is 4.39 Å². The summed E-state index contributed by atoms with van der Waals surface area (Å²) in [5.41, 5.74) is 0.388. The smallest absolute Gasteiger partial charge is 0.251 e. The highest BCUT2D eigenvalue weighted by atomic mass is 79.9. The first-order chi connectivity index (χ1) is 8.65. The number of halogens is 2. The predicted octanol–water partition coefficient (Wildman–Crippen LogP) is 2.79. The summed E-state index contributed by atoms with van der Waals surface area (Å²) >= 11 is 3.21. The normalized spacial score (nSPS) is 10.7. The molecule has 1 aromatic carbocycles. The van der Waals surface area contributed by atoms with Crippen molar-refractivity contribution in [2.24, 2.45) is 0 Å². The average Bonchev–Trinajstić information content (AvgIpc) is 2.77. The van der Waals surface area contributed by atoms with Gasteiger partial charge in [0.05, 0.1) is 17.1 Å². The number of aromatic nitrogens is 2. The molecule has 0 N–H and O–H groups in total. The maximum Gasteiger partial charge on any atom is 0.251 e. The van der Waals surface area contributed by atoms with Gasteiger partial charge < -0.3 is 13.9 Å². The second-order valence-corrected chi connectivity index (χ2v) is 4.26. The molecular formula is C11H10BrFN2O3. The van der Waals surface area contributed by atoms with Crippen LogP contribution in [0.5, 0.6) is 5.75 Å². The standard InChI is InChI=1S/C11H10BrFN2O3/c1-16-5-9-14-15-11(18-9)7-3-6(13)4-8(12)10(7)17-2/h3-4H,5H2,1-2H3. The van der Waals surface area contributed by atoms with E-state index in [1.807, 2.05) is 0 Å². The summed E-state index contributed by atoms with van der Waals surface area (Å²) in [4.78, 5) is 0. The molecule has 0 aliphatic rings. The van der Waals surface area contributed by atoms with Crippen molar-refractivity contribution in [3.63, 3.8) is 0 Å². The summed E-state index contributed by atoms with van der Waals surface area (Å²) in [5.74, 6) is 0.502. The van der Waals surface area contributed by atoms with E-state index in [1.54, 1.807) is 0 Å². The topological polar surface area (TPSA) is 57.4 Å². The lowest BCUT2D eigenvalue weighted by Gasteiger charge is -2.07. The third kappa shape index (κ3) is 2.51. The maximum atomic E-state index is 13.4. The van der Waals surface area contributed by atoms with Crippen LogP contribution in [0.2, 0.25) is 0 Å². The minimum Gasteiger partial charge on any atom is -0.495 e. The molecule has 96 valence electrons. The molecule has 0 spiro atoms. The zero-order valence-corrected chi connectivity index (χ0v) is 11.3. The zero-order valence-electron chi connectivity index (χ0n) is 9.74. The fourth-order valence-corrected chi connectivity index (χ4v) is 2.07. The molecule has 0 aliphatic carbocycles. The van der Waals surface area contributed by atoms with Crippen LogP contribution in [0, 0.1) is 5.82 Å². The molecule has 0 aliphatic heterocycles. The first kappa shape index (κ1) is 13.0. The van der Waals surface area contributed by atoms with Crippen LogP contribution in [0.3, 0.4) is 0 Å². The highest BCUT2D eigenvalue weighted by Crippen LogP contribution is 2.36. The molecule has 0 saturated carbocycles. The molecule has 0 saturated heterocycles. The minimum atomic E-state index is -0.427. The number of ether oxygens (including phenoxy) is 2. The van der Waals surface area contributed by atoms with Crippen LogP contribution in [0.25, 0.3) is 11.5 Å². The SMILES string of the molecule is COCc1nnc(-c2cc(F)cc(Br)c2OC)o1. The van der Waals surface area contributed by atoms with Gasteiger partial charge in [0.25, 0.3) is 5.89 Å². The third-order valence-corrected chi connectivity index (χ3v) is 2.77. The van der Waals surface area contributed by atoms with Crippen molar-refractivity contribution in [3.05, 3.63) is 28.3 Å². The van der Waals surface area contributed by atoms with Gasteiger partial charge in [0, 0.05) is 7.11 Å². The Kier molecular flexibility index (Phi) is 3.93. The van der Waals surface area contributed by atoms with Crippen molar-refractivity contribution >= 4 is 15.9 Å². The number of benzene rings is 1. The summed E-state index contributed by atoms with van der Waals surface area (Å²) in [6.07, 6.45) is 0. The molecule has 2 aromatic rings. The Bertz CT molecular complexity index is 559. The van der Waals surface area contributed by atoms with E-state index < -0.39 is 5.82 Å². The third-order valence-electron chi connectivity index (χ3n) is 2.18.